The molecule has 142 valence electrons. The van der Waals surface area contributed by atoms with E-state index in [-0.39, 0.29) is 16.8 Å². The zero-order valence-electron chi connectivity index (χ0n) is 16.3. The van der Waals surface area contributed by atoms with Crippen LogP contribution < -0.4 is 0 Å². The summed E-state index contributed by atoms with van der Waals surface area (Å²) >= 11 is 0. The molecule has 26 heavy (non-hydrogen) atoms. The van der Waals surface area contributed by atoms with Crippen LogP contribution in [0.1, 0.15) is 52.5 Å². The van der Waals surface area contributed by atoms with Crippen LogP contribution in [0, 0.1) is 5.41 Å². The van der Waals surface area contributed by atoms with Gasteiger partial charge < -0.3 is 4.74 Å². The summed E-state index contributed by atoms with van der Waals surface area (Å²) in [4.78, 5) is 12.4. The van der Waals surface area contributed by atoms with Gasteiger partial charge >= 0.3 is 5.97 Å². The first-order valence-electron chi connectivity index (χ1n) is 9.51. The summed E-state index contributed by atoms with van der Waals surface area (Å²) in [6.07, 6.45) is 3.01. The Hall–Kier alpha value is -0.940. The van der Waals surface area contributed by atoms with Crippen molar-refractivity contribution in [2.75, 3.05) is 24.7 Å². The van der Waals surface area contributed by atoms with Crippen molar-refractivity contribution in [1.82, 2.24) is 0 Å². The summed E-state index contributed by atoms with van der Waals surface area (Å²) in [5, 5.41) is 0. The lowest BCUT2D eigenvalue weighted by Crippen LogP contribution is -2.34. The highest BCUT2D eigenvalue weighted by molar-refractivity contribution is 8.77. The van der Waals surface area contributed by atoms with Crippen molar-refractivity contribution in [2.24, 2.45) is 5.41 Å². The number of carbonyl (C=O) groups excluding carboxylic acids is 1. The van der Waals surface area contributed by atoms with E-state index in [4.69, 9.17) is 4.74 Å². The molecule has 1 fully saturated rings. The molecule has 0 saturated carbocycles. The second kappa shape index (κ2) is 7.97. The van der Waals surface area contributed by atoms with E-state index < -0.39 is 0 Å². The first-order valence-corrected chi connectivity index (χ1v) is 12.0. The molecule has 0 aromatic heterocycles. The van der Waals surface area contributed by atoms with Crippen molar-refractivity contribution in [3.63, 3.8) is 0 Å². The molecule has 2 heterocycles. The maximum atomic E-state index is 12.4. The zero-order chi connectivity index (χ0) is 18.8. The van der Waals surface area contributed by atoms with Gasteiger partial charge in [-0.25, -0.2) is 0 Å². The van der Waals surface area contributed by atoms with Gasteiger partial charge in [0.1, 0.15) is 0 Å². The van der Waals surface area contributed by atoms with Crippen molar-refractivity contribution in [3.8, 4) is 0 Å². The number of fused-ring (bicyclic) bond motifs is 1. The largest absolute Gasteiger partial charge is 0.465 e. The summed E-state index contributed by atoms with van der Waals surface area (Å²) in [6, 6.07) is 8.74. The highest BCUT2D eigenvalue weighted by Gasteiger charge is 2.40. The van der Waals surface area contributed by atoms with Gasteiger partial charge in [0.25, 0.3) is 0 Å². The molecule has 0 unspecified atom stereocenters. The molecule has 1 aromatic rings. The molecule has 0 aliphatic carbocycles. The van der Waals surface area contributed by atoms with Crippen LogP contribution in [0.3, 0.4) is 0 Å². The lowest BCUT2D eigenvalue weighted by atomic mass is 9.76. The quantitative estimate of drug-likeness (QED) is 0.288. The fourth-order valence-corrected chi connectivity index (χ4v) is 7.13. The molecule has 1 saturated heterocycles. The van der Waals surface area contributed by atoms with E-state index in [9.17, 15) is 4.79 Å². The number of hydrogen-bond donors (Lipinski definition) is 0. The molecule has 5 heteroatoms. The SMILES string of the molecule is CCC1=[N+](CCCOC(=O)C2(C)CSSC2)c2ccccc2C(C)(C)C1. The molecule has 1 aromatic carbocycles. The van der Waals surface area contributed by atoms with Gasteiger partial charge in [-0.05, 0) is 6.92 Å². The molecular weight excluding hydrogens is 362 g/mol. The van der Waals surface area contributed by atoms with Gasteiger partial charge in [0.2, 0.25) is 5.69 Å². The molecule has 0 atom stereocenters. The van der Waals surface area contributed by atoms with Crippen molar-refractivity contribution >= 4 is 39.0 Å². The van der Waals surface area contributed by atoms with E-state index in [1.54, 1.807) is 21.6 Å². The second-order valence-electron chi connectivity index (χ2n) is 8.22. The molecule has 0 spiro atoms. The fraction of sp³-hybridized carbons (Fsp3) is 0.619. The number of esters is 1. The molecule has 0 N–H and O–H groups in total. The van der Waals surface area contributed by atoms with Gasteiger partial charge in [-0.3, -0.25) is 4.79 Å². The van der Waals surface area contributed by atoms with Crippen LogP contribution >= 0.6 is 21.6 Å². The zero-order valence-corrected chi connectivity index (χ0v) is 18.0. The third kappa shape index (κ3) is 3.99. The first-order chi connectivity index (χ1) is 12.4. The third-order valence-corrected chi connectivity index (χ3v) is 8.33. The van der Waals surface area contributed by atoms with Crippen LogP contribution in [-0.2, 0) is 14.9 Å². The summed E-state index contributed by atoms with van der Waals surface area (Å²) in [7, 11) is 3.54. The van der Waals surface area contributed by atoms with Crippen molar-refractivity contribution in [1.29, 1.82) is 0 Å². The number of benzene rings is 1. The lowest BCUT2D eigenvalue weighted by molar-refractivity contribution is -0.448. The monoisotopic (exact) mass is 392 g/mol. The smallest absolute Gasteiger partial charge is 0.313 e. The minimum absolute atomic E-state index is 0.0325. The van der Waals surface area contributed by atoms with Crippen LogP contribution in [0.5, 0.6) is 0 Å². The van der Waals surface area contributed by atoms with Crippen molar-refractivity contribution in [3.05, 3.63) is 29.8 Å². The lowest BCUT2D eigenvalue weighted by Gasteiger charge is -2.30. The molecule has 0 bridgehead atoms. The maximum absolute atomic E-state index is 12.4. The predicted molar refractivity (Wildman–Crippen MR) is 113 cm³/mol. The number of para-hydroxylation sites is 1. The Balaban J connectivity index is 1.65. The van der Waals surface area contributed by atoms with Crippen LogP contribution in [-0.4, -0.2) is 40.9 Å². The van der Waals surface area contributed by atoms with Crippen molar-refractivity contribution in [2.45, 2.75) is 52.4 Å². The van der Waals surface area contributed by atoms with Gasteiger partial charge in [0.15, 0.2) is 12.3 Å². The van der Waals surface area contributed by atoms with Gasteiger partial charge in [0, 0.05) is 47.8 Å². The van der Waals surface area contributed by atoms with E-state index in [1.165, 1.54) is 17.0 Å². The van der Waals surface area contributed by atoms with Crippen LogP contribution in [0.4, 0.5) is 5.69 Å². The van der Waals surface area contributed by atoms with E-state index >= 15 is 0 Å². The first kappa shape index (κ1) is 19.8. The Kier molecular flexibility index (Phi) is 6.07. The number of nitrogens with zero attached hydrogens (tertiary/aromatic N) is 1. The normalized spacial score (nSPS) is 20.8. The number of carbonyl (C=O) groups is 1. The molecule has 3 rings (SSSR count). The summed E-state index contributed by atoms with van der Waals surface area (Å²) < 4.78 is 8.07. The average Bonchev–Trinajstić information content (AvgIpc) is 3.07. The molecule has 2 aliphatic rings. The van der Waals surface area contributed by atoms with E-state index in [0.29, 0.717) is 6.61 Å². The third-order valence-electron chi connectivity index (χ3n) is 5.45. The maximum Gasteiger partial charge on any atom is 0.313 e. The van der Waals surface area contributed by atoms with Crippen LogP contribution in [0.15, 0.2) is 24.3 Å². The van der Waals surface area contributed by atoms with E-state index in [0.717, 1.165) is 37.3 Å². The highest BCUT2D eigenvalue weighted by Crippen LogP contribution is 2.43. The van der Waals surface area contributed by atoms with Crippen LogP contribution in [0.2, 0.25) is 0 Å². The number of rotatable bonds is 6. The van der Waals surface area contributed by atoms with Gasteiger partial charge in [-0.15, -0.1) is 0 Å². The number of ether oxygens (including phenoxy) is 1. The van der Waals surface area contributed by atoms with Gasteiger partial charge in [0.05, 0.1) is 12.0 Å². The Bertz CT molecular complexity index is 706. The topological polar surface area (TPSA) is 29.3 Å². The molecular formula is C21H30NO2S2+. The average molecular weight is 393 g/mol. The summed E-state index contributed by atoms with van der Waals surface area (Å²) in [6.45, 7) is 10.3. The predicted octanol–water partition coefficient (Wildman–Crippen LogP) is 5.20. The highest BCUT2D eigenvalue weighted by atomic mass is 33.1. The molecule has 0 amide bonds. The number of hydrogen-bond acceptors (Lipinski definition) is 4. The van der Waals surface area contributed by atoms with Crippen molar-refractivity contribution < 1.29 is 14.1 Å². The molecule has 3 nitrogen and oxygen atoms in total. The Morgan fingerprint density at radius 2 is 1.88 bits per heavy atom. The molecule has 2 aliphatic heterocycles. The molecule has 0 radical (unpaired) electrons. The minimum atomic E-state index is -0.308. The van der Waals surface area contributed by atoms with Gasteiger partial charge in [-0.1, -0.05) is 60.6 Å². The van der Waals surface area contributed by atoms with Crippen LogP contribution in [0.25, 0.3) is 0 Å². The van der Waals surface area contributed by atoms with E-state index in [2.05, 4.69) is 49.6 Å². The Morgan fingerprint density at radius 1 is 1.19 bits per heavy atom. The van der Waals surface area contributed by atoms with E-state index in [1.807, 2.05) is 6.92 Å². The second-order valence-corrected chi connectivity index (χ2v) is 10.7. The Labute approximate surface area is 165 Å². The fourth-order valence-electron chi connectivity index (χ4n) is 3.81. The summed E-state index contributed by atoms with van der Waals surface area (Å²) in [5.41, 5.74) is 4.09. The minimum Gasteiger partial charge on any atom is -0.465 e. The standard InChI is InChI=1S/C21H30NO2S2/c1-5-16-13-20(2,3)17-9-6-7-10-18(17)22(16)11-8-12-24-19(23)21(4)14-25-26-15-21/h6-7,9-10H,5,8,11-15H2,1-4H3/q+1. The van der Waals surface area contributed by atoms with Gasteiger partial charge in [-0.2, -0.15) is 4.58 Å². The Morgan fingerprint density at radius 3 is 2.58 bits per heavy atom. The summed E-state index contributed by atoms with van der Waals surface area (Å²) in [5.74, 6) is 1.69.